The Balaban J connectivity index is 1.36. The smallest absolute Gasteiger partial charge is 0.250 e. The second kappa shape index (κ2) is 10.6. The second-order valence-electron chi connectivity index (χ2n) is 6.93. The summed E-state index contributed by atoms with van der Waals surface area (Å²) in [6, 6.07) is 19.1. The van der Waals surface area contributed by atoms with Gasteiger partial charge in [-0.1, -0.05) is 42.1 Å². The molecule has 4 aromatic rings. The summed E-state index contributed by atoms with van der Waals surface area (Å²) in [5.74, 6) is 0.571. The summed E-state index contributed by atoms with van der Waals surface area (Å²) in [5, 5.41) is 4.71. The van der Waals surface area contributed by atoms with E-state index in [9.17, 15) is 9.18 Å². The lowest BCUT2D eigenvalue weighted by molar-refractivity contribution is -0.118. The molecule has 0 aliphatic rings. The van der Waals surface area contributed by atoms with Gasteiger partial charge in [0.05, 0.1) is 30.1 Å². The fraction of sp³-hybridized carbons (Fsp3) is 0.125. The first-order chi connectivity index (χ1) is 16.1. The predicted molar refractivity (Wildman–Crippen MR) is 126 cm³/mol. The van der Waals surface area contributed by atoms with Gasteiger partial charge in [0.2, 0.25) is 0 Å². The fourth-order valence-corrected chi connectivity index (χ4v) is 3.70. The van der Waals surface area contributed by atoms with Crippen molar-refractivity contribution >= 4 is 34.9 Å². The molecule has 0 aliphatic heterocycles. The molecule has 0 bridgehead atoms. The number of carbonyl (C=O) groups excluding carboxylic acids is 1. The number of ether oxygens (including phenoxy) is 2. The molecule has 0 atom stereocenters. The maximum Gasteiger partial charge on any atom is 0.250 e. The number of para-hydroxylation sites is 3. The Bertz CT molecular complexity index is 1240. The number of halogens is 1. The van der Waals surface area contributed by atoms with Gasteiger partial charge in [0.25, 0.3) is 5.91 Å². The van der Waals surface area contributed by atoms with Crippen LogP contribution in [0, 0.1) is 5.82 Å². The van der Waals surface area contributed by atoms with E-state index in [-0.39, 0.29) is 24.1 Å². The van der Waals surface area contributed by atoms with Gasteiger partial charge in [0.1, 0.15) is 12.4 Å². The summed E-state index contributed by atoms with van der Waals surface area (Å²) in [4.78, 5) is 19.8. The summed E-state index contributed by atoms with van der Waals surface area (Å²) in [6.45, 7) is 0.224. The monoisotopic (exact) mass is 464 g/mol. The molecule has 33 heavy (non-hydrogen) atoms. The van der Waals surface area contributed by atoms with E-state index in [0.717, 1.165) is 16.6 Å². The average Bonchev–Trinajstić information content (AvgIpc) is 3.26. The third-order valence-corrected chi connectivity index (χ3v) is 5.50. The van der Waals surface area contributed by atoms with E-state index < -0.39 is 0 Å². The first-order valence-corrected chi connectivity index (χ1v) is 11.0. The molecule has 7 nitrogen and oxygen atoms in total. The summed E-state index contributed by atoms with van der Waals surface area (Å²) in [7, 11) is 1.54. The van der Waals surface area contributed by atoms with Crippen molar-refractivity contribution < 1.29 is 18.7 Å². The van der Waals surface area contributed by atoms with E-state index in [1.54, 1.807) is 30.3 Å². The number of thioether (sulfide) groups is 1. The number of fused-ring (bicyclic) bond motifs is 1. The third-order valence-electron chi connectivity index (χ3n) is 4.63. The van der Waals surface area contributed by atoms with Crippen molar-refractivity contribution in [2.75, 3.05) is 12.9 Å². The van der Waals surface area contributed by atoms with Gasteiger partial charge < -0.3 is 14.5 Å². The van der Waals surface area contributed by atoms with Gasteiger partial charge in [-0.15, -0.1) is 0 Å². The molecule has 4 rings (SSSR count). The highest BCUT2D eigenvalue weighted by molar-refractivity contribution is 7.99. The van der Waals surface area contributed by atoms with Gasteiger partial charge in [0.15, 0.2) is 16.7 Å². The molecule has 0 radical (unpaired) electrons. The van der Waals surface area contributed by atoms with E-state index >= 15 is 0 Å². The van der Waals surface area contributed by atoms with Crippen molar-refractivity contribution in [3.63, 3.8) is 0 Å². The normalized spacial score (nSPS) is 11.1. The van der Waals surface area contributed by atoms with Crippen LogP contribution in [-0.2, 0) is 11.4 Å². The number of amides is 1. The van der Waals surface area contributed by atoms with Crippen LogP contribution >= 0.6 is 11.8 Å². The number of H-pyrrole nitrogens is 1. The maximum atomic E-state index is 13.1. The van der Waals surface area contributed by atoms with E-state index in [1.807, 2.05) is 24.3 Å². The minimum Gasteiger partial charge on any atom is -0.493 e. The highest BCUT2D eigenvalue weighted by Crippen LogP contribution is 2.31. The molecule has 0 spiro atoms. The molecule has 3 aromatic carbocycles. The number of carbonyl (C=O) groups is 1. The number of rotatable bonds is 9. The molecule has 0 unspecified atom stereocenters. The summed E-state index contributed by atoms with van der Waals surface area (Å²) < 4.78 is 24.4. The van der Waals surface area contributed by atoms with Gasteiger partial charge in [-0.3, -0.25) is 4.79 Å². The van der Waals surface area contributed by atoms with Crippen LogP contribution in [0.4, 0.5) is 4.39 Å². The summed E-state index contributed by atoms with van der Waals surface area (Å²) >= 11 is 1.29. The van der Waals surface area contributed by atoms with Crippen LogP contribution < -0.4 is 14.9 Å². The minimum absolute atomic E-state index is 0.156. The fourth-order valence-electron chi connectivity index (χ4n) is 3.02. The Kier molecular flexibility index (Phi) is 7.21. The van der Waals surface area contributed by atoms with Crippen molar-refractivity contribution in [3.05, 3.63) is 83.7 Å². The zero-order valence-electron chi connectivity index (χ0n) is 17.7. The molecular formula is C24H21FN4O3S. The lowest BCUT2D eigenvalue weighted by Gasteiger charge is -2.13. The van der Waals surface area contributed by atoms with Gasteiger partial charge in [0, 0.05) is 5.56 Å². The summed E-state index contributed by atoms with van der Waals surface area (Å²) in [5.41, 5.74) is 5.72. The molecular weight excluding hydrogens is 443 g/mol. The lowest BCUT2D eigenvalue weighted by Crippen LogP contribution is -2.19. The lowest BCUT2D eigenvalue weighted by atomic mass is 10.2. The number of imidazole rings is 1. The van der Waals surface area contributed by atoms with Gasteiger partial charge in [-0.05, 0) is 42.0 Å². The van der Waals surface area contributed by atoms with E-state index in [2.05, 4.69) is 20.5 Å². The maximum absolute atomic E-state index is 13.1. The Morgan fingerprint density at radius 2 is 1.97 bits per heavy atom. The topological polar surface area (TPSA) is 88.6 Å². The average molecular weight is 465 g/mol. The van der Waals surface area contributed by atoms with Crippen LogP contribution in [0.2, 0.25) is 0 Å². The molecule has 1 heterocycles. The number of nitrogens with one attached hydrogen (secondary N) is 2. The highest BCUT2D eigenvalue weighted by Gasteiger charge is 2.11. The van der Waals surface area contributed by atoms with Crippen molar-refractivity contribution in [2.24, 2.45) is 5.10 Å². The summed E-state index contributed by atoms with van der Waals surface area (Å²) in [6.07, 6.45) is 1.49. The standard InChI is InChI=1S/C24H21FN4O3S/c1-31-21-8-4-5-17(23(21)32-14-16-9-11-18(25)12-10-16)13-26-29-22(30)15-33-24-27-19-6-2-3-7-20(19)28-24/h2-13H,14-15H2,1H3,(H,27,28)(H,29,30)/b26-13+. The molecule has 1 amide bonds. The molecule has 9 heteroatoms. The quantitative estimate of drug-likeness (QED) is 0.216. The molecule has 0 fully saturated rings. The van der Waals surface area contributed by atoms with Crippen molar-refractivity contribution in [1.29, 1.82) is 0 Å². The van der Waals surface area contributed by atoms with Crippen LogP contribution in [0.3, 0.4) is 0 Å². The van der Waals surface area contributed by atoms with Gasteiger partial charge in [-0.25, -0.2) is 14.8 Å². The van der Waals surface area contributed by atoms with Gasteiger partial charge in [-0.2, -0.15) is 5.10 Å². The second-order valence-corrected chi connectivity index (χ2v) is 7.90. The molecule has 2 N–H and O–H groups in total. The number of hydrazone groups is 1. The number of methoxy groups -OCH3 is 1. The van der Waals surface area contributed by atoms with E-state index in [0.29, 0.717) is 22.2 Å². The zero-order chi connectivity index (χ0) is 23.0. The van der Waals surface area contributed by atoms with Crippen LogP contribution in [-0.4, -0.2) is 35.0 Å². The molecule has 0 aliphatic carbocycles. The number of hydrogen-bond acceptors (Lipinski definition) is 6. The number of nitrogens with zero attached hydrogens (tertiary/aromatic N) is 2. The Morgan fingerprint density at radius 1 is 1.15 bits per heavy atom. The third kappa shape index (κ3) is 5.89. The van der Waals surface area contributed by atoms with Crippen molar-refractivity contribution in [1.82, 2.24) is 15.4 Å². The van der Waals surface area contributed by atoms with Crippen LogP contribution in [0.1, 0.15) is 11.1 Å². The predicted octanol–water partition coefficient (Wildman–Crippen LogP) is 4.53. The number of hydrogen-bond donors (Lipinski definition) is 2. The van der Waals surface area contributed by atoms with Gasteiger partial charge >= 0.3 is 0 Å². The van der Waals surface area contributed by atoms with Crippen LogP contribution in [0.15, 0.2) is 77.0 Å². The van der Waals surface area contributed by atoms with Crippen molar-refractivity contribution in [2.45, 2.75) is 11.8 Å². The highest BCUT2D eigenvalue weighted by atomic mass is 32.2. The van der Waals surface area contributed by atoms with Crippen molar-refractivity contribution in [3.8, 4) is 11.5 Å². The van der Waals surface area contributed by atoms with E-state index in [4.69, 9.17) is 9.47 Å². The SMILES string of the molecule is COc1cccc(/C=N/NC(=O)CSc2nc3ccccc3[nH]2)c1OCc1ccc(F)cc1. The Labute approximate surface area is 194 Å². The number of aromatic amines is 1. The molecule has 0 saturated carbocycles. The number of aromatic nitrogens is 2. The molecule has 1 aromatic heterocycles. The van der Waals surface area contributed by atoms with Crippen LogP contribution in [0.5, 0.6) is 11.5 Å². The first kappa shape index (κ1) is 22.3. The minimum atomic E-state index is -0.307. The molecule has 168 valence electrons. The Morgan fingerprint density at radius 3 is 2.76 bits per heavy atom. The largest absolute Gasteiger partial charge is 0.493 e. The van der Waals surface area contributed by atoms with Crippen LogP contribution in [0.25, 0.3) is 11.0 Å². The van der Waals surface area contributed by atoms with E-state index in [1.165, 1.54) is 37.2 Å². The molecule has 0 saturated heterocycles. The number of benzene rings is 3. The Hall–Kier alpha value is -3.85. The zero-order valence-corrected chi connectivity index (χ0v) is 18.6. The first-order valence-electron chi connectivity index (χ1n) is 10.1.